The van der Waals surface area contributed by atoms with Gasteiger partial charge in [0.25, 0.3) is 0 Å². The van der Waals surface area contributed by atoms with Crippen LogP contribution in [-0.4, -0.2) is 0 Å². The molecule has 4 aromatic rings. The molecule has 0 aliphatic carbocycles. The second-order valence-corrected chi connectivity index (χ2v) is 6.98. The molecule has 0 saturated heterocycles. The Bertz CT molecular complexity index is 979. The lowest BCUT2D eigenvalue weighted by Crippen LogP contribution is -2.09. The van der Waals surface area contributed by atoms with Crippen molar-refractivity contribution in [3.8, 4) is 11.1 Å². The van der Waals surface area contributed by atoms with Crippen molar-refractivity contribution in [2.75, 3.05) is 4.90 Å². The van der Waals surface area contributed by atoms with Gasteiger partial charge in [0.05, 0.1) is 0 Å². The molecule has 0 heterocycles. The molecule has 0 aliphatic rings. The number of benzene rings is 4. The monoisotopic (exact) mass is 399 g/mol. The predicted octanol–water partition coefficient (Wildman–Crippen LogP) is 7.59. The highest BCUT2D eigenvalue weighted by Crippen LogP contribution is 2.36. The van der Waals surface area contributed by atoms with Crippen molar-refractivity contribution in [1.82, 2.24) is 0 Å². The van der Waals surface area contributed by atoms with E-state index in [4.69, 9.17) is 0 Å². The number of hydrogen-bond acceptors (Lipinski definition) is 1. The molecule has 4 rings (SSSR count). The fourth-order valence-electron chi connectivity index (χ4n) is 3.07. The summed E-state index contributed by atoms with van der Waals surface area (Å²) in [5.74, 6) is 0. The summed E-state index contributed by atoms with van der Waals surface area (Å²) < 4.78 is 1.07. The third kappa shape index (κ3) is 3.56. The van der Waals surface area contributed by atoms with Crippen molar-refractivity contribution < 1.29 is 0 Å². The van der Waals surface area contributed by atoms with Crippen LogP contribution in [0.4, 0.5) is 17.1 Å². The highest BCUT2D eigenvalue weighted by atomic mass is 79.9. The van der Waals surface area contributed by atoms with E-state index in [-0.39, 0.29) is 0 Å². The molecule has 1 nitrogen and oxygen atoms in total. The average molecular weight is 400 g/mol. The number of halogens is 1. The molecule has 0 N–H and O–H groups in total. The molecule has 0 radical (unpaired) electrons. The summed E-state index contributed by atoms with van der Waals surface area (Å²) in [6.45, 7) is 0. The standard InChI is InChI=1S/C24H18BrN/c25-21-10-7-13-24(18-21)26(22-11-5-2-6-12-22)23-16-14-20(15-17-23)19-8-3-1-4-9-19/h1-18H. The minimum absolute atomic E-state index is 1.07. The molecule has 0 fully saturated rings. The average Bonchev–Trinajstić information content (AvgIpc) is 2.70. The Morgan fingerprint density at radius 2 is 1.00 bits per heavy atom. The highest BCUT2D eigenvalue weighted by Gasteiger charge is 2.12. The lowest BCUT2D eigenvalue weighted by Gasteiger charge is -2.25. The van der Waals surface area contributed by atoms with Crippen molar-refractivity contribution in [3.05, 3.63) is 114 Å². The van der Waals surface area contributed by atoms with Gasteiger partial charge in [0.2, 0.25) is 0 Å². The summed E-state index contributed by atoms with van der Waals surface area (Å²) in [5.41, 5.74) is 5.84. The Morgan fingerprint density at radius 3 is 1.65 bits per heavy atom. The molecular formula is C24H18BrN. The second kappa shape index (κ2) is 7.59. The maximum Gasteiger partial charge on any atom is 0.0472 e. The normalized spacial score (nSPS) is 10.5. The molecule has 0 spiro atoms. The number of nitrogens with zero attached hydrogens (tertiary/aromatic N) is 1. The van der Waals surface area contributed by atoms with Gasteiger partial charge in [0, 0.05) is 21.5 Å². The summed E-state index contributed by atoms with van der Waals surface area (Å²) >= 11 is 3.59. The van der Waals surface area contributed by atoms with Gasteiger partial charge < -0.3 is 4.90 Å². The third-order valence-electron chi connectivity index (χ3n) is 4.31. The molecule has 0 unspecified atom stereocenters. The van der Waals surface area contributed by atoms with E-state index in [1.165, 1.54) is 11.1 Å². The van der Waals surface area contributed by atoms with Crippen molar-refractivity contribution in [2.24, 2.45) is 0 Å². The van der Waals surface area contributed by atoms with Gasteiger partial charge >= 0.3 is 0 Å². The molecule has 0 aromatic heterocycles. The van der Waals surface area contributed by atoms with E-state index >= 15 is 0 Å². The number of anilines is 3. The summed E-state index contributed by atoms with van der Waals surface area (Å²) in [5, 5.41) is 0. The summed E-state index contributed by atoms with van der Waals surface area (Å²) in [7, 11) is 0. The second-order valence-electron chi connectivity index (χ2n) is 6.06. The lowest BCUT2D eigenvalue weighted by atomic mass is 10.0. The molecule has 0 atom stereocenters. The van der Waals surface area contributed by atoms with Gasteiger partial charge in [0.15, 0.2) is 0 Å². The van der Waals surface area contributed by atoms with Crippen molar-refractivity contribution in [3.63, 3.8) is 0 Å². The Kier molecular flexibility index (Phi) is 4.85. The van der Waals surface area contributed by atoms with Crippen LogP contribution in [0.5, 0.6) is 0 Å². The van der Waals surface area contributed by atoms with Gasteiger partial charge in [0.1, 0.15) is 0 Å². The quantitative estimate of drug-likeness (QED) is 0.341. The first-order valence-corrected chi connectivity index (χ1v) is 9.37. The van der Waals surface area contributed by atoms with Crippen LogP contribution in [0.15, 0.2) is 114 Å². The lowest BCUT2D eigenvalue weighted by molar-refractivity contribution is 1.28. The van der Waals surface area contributed by atoms with E-state index in [2.05, 4.69) is 112 Å². The Morgan fingerprint density at radius 1 is 0.462 bits per heavy atom. The van der Waals surface area contributed by atoms with E-state index in [0.717, 1.165) is 21.5 Å². The fourth-order valence-corrected chi connectivity index (χ4v) is 3.46. The van der Waals surface area contributed by atoms with Crippen LogP contribution < -0.4 is 4.90 Å². The topological polar surface area (TPSA) is 3.24 Å². The third-order valence-corrected chi connectivity index (χ3v) is 4.81. The van der Waals surface area contributed by atoms with Crippen LogP contribution in [0.3, 0.4) is 0 Å². The minimum Gasteiger partial charge on any atom is -0.310 e. The predicted molar refractivity (Wildman–Crippen MR) is 114 cm³/mol. The number of hydrogen-bond donors (Lipinski definition) is 0. The largest absolute Gasteiger partial charge is 0.310 e. The van der Waals surface area contributed by atoms with Crippen LogP contribution in [-0.2, 0) is 0 Å². The van der Waals surface area contributed by atoms with E-state index in [0.29, 0.717) is 0 Å². The minimum atomic E-state index is 1.07. The van der Waals surface area contributed by atoms with E-state index in [9.17, 15) is 0 Å². The Balaban J connectivity index is 1.77. The van der Waals surface area contributed by atoms with Crippen molar-refractivity contribution >= 4 is 33.0 Å². The first-order chi connectivity index (χ1) is 12.8. The Labute approximate surface area is 162 Å². The van der Waals surface area contributed by atoms with Crippen LogP contribution in [0.1, 0.15) is 0 Å². The first kappa shape index (κ1) is 16.6. The number of para-hydroxylation sites is 1. The SMILES string of the molecule is Brc1cccc(N(c2ccccc2)c2ccc(-c3ccccc3)cc2)c1. The van der Waals surface area contributed by atoms with Gasteiger partial charge in [-0.3, -0.25) is 0 Å². The maximum absolute atomic E-state index is 3.59. The zero-order valence-corrected chi connectivity index (χ0v) is 15.8. The van der Waals surface area contributed by atoms with E-state index < -0.39 is 0 Å². The van der Waals surface area contributed by atoms with Crippen molar-refractivity contribution in [2.45, 2.75) is 0 Å². The molecule has 2 heteroatoms. The molecule has 0 saturated carbocycles. The molecule has 26 heavy (non-hydrogen) atoms. The fraction of sp³-hybridized carbons (Fsp3) is 0. The van der Waals surface area contributed by atoms with Crippen LogP contribution in [0, 0.1) is 0 Å². The van der Waals surface area contributed by atoms with E-state index in [1.807, 2.05) is 18.2 Å². The molecule has 4 aromatic carbocycles. The Hall–Kier alpha value is -2.84. The maximum atomic E-state index is 3.59. The molecule has 0 aliphatic heterocycles. The highest BCUT2D eigenvalue weighted by molar-refractivity contribution is 9.10. The zero-order chi connectivity index (χ0) is 17.8. The van der Waals surface area contributed by atoms with Crippen LogP contribution >= 0.6 is 15.9 Å². The molecule has 0 amide bonds. The molecular weight excluding hydrogens is 382 g/mol. The van der Waals surface area contributed by atoms with E-state index in [1.54, 1.807) is 0 Å². The first-order valence-electron chi connectivity index (χ1n) is 8.57. The van der Waals surface area contributed by atoms with Gasteiger partial charge in [-0.1, -0.05) is 82.7 Å². The smallest absolute Gasteiger partial charge is 0.0472 e. The molecule has 126 valence electrons. The van der Waals surface area contributed by atoms with Gasteiger partial charge in [-0.05, 0) is 53.6 Å². The number of rotatable bonds is 4. The summed E-state index contributed by atoms with van der Waals surface area (Å²) in [4.78, 5) is 2.26. The van der Waals surface area contributed by atoms with Gasteiger partial charge in [-0.2, -0.15) is 0 Å². The summed E-state index contributed by atoms with van der Waals surface area (Å²) in [6, 6.07) is 38.0. The summed E-state index contributed by atoms with van der Waals surface area (Å²) in [6.07, 6.45) is 0. The van der Waals surface area contributed by atoms with Gasteiger partial charge in [-0.15, -0.1) is 0 Å². The van der Waals surface area contributed by atoms with Crippen molar-refractivity contribution in [1.29, 1.82) is 0 Å². The van der Waals surface area contributed by atoms with Crippen LogP contribution in [0.2, 0.25) is 0 Å². The zero-order valence-electron chi connectivity index (χ0n) is 14.2. The molecule has 0 bridgehead atoms. The van der Waals surface area contributed by atoms with Crippen LogP contribution in [0.25, 0.3) is 11.1 Å². The van der Waals surface area contributed by atoms with Gasteiger partial charge in [-0.25, -0.2) is 0 Å².